The van der Waals surface area contributed by atoms with Crippen LogP contribution in [-0.4, -0.2) is 42.6 Å². The summed E-state index contributed by atoms with van der Waals surface area (Å²) in [5.41, 5.74) is 1.78. The van der Waals surface area contributed by atoms with Crippen molar-refractivity contribution in [3.63, 3.8) is 0 Å². The molecular weight excluding hydrogens is 348 g/mol. The first-order valence-electron chi connectivity index (χ1n) is 8.70. The topological polar surface area (TPSA) is 96.9 Å². The number of carbonyl (C=O) groups is 2. The van der Waals surface area contributed by atoms with Crippen LogP contribution in [0.4, 0.5) is 0 Å². The first-order valence-corrected chi connectivity index (χ1v) is 8.70. The number of carboxylic acids is 1. The van der Waals surface area contributed by atoms with Crippen molar-refractivity contribution in [1.82, 2.24) is 19.1 Å². The Kier molecular flexibility index (Phi) is 4.23. The zero-order valence-electron chi connectivity index (χ0n) is 14.5. The Hall–Kier alpha value is -3.42. The summed E-state index contributed by atoms with van der Waals surface area (Å²) in [5, 5.41) is 13.9. The third-order valence-corrected chi connectivity index (χ3v) is 4.86. The van der Waals surface area contributed by atoms with E-state index in [1.54, 1.807) is 36.5 Å². The number of aromatic nitrogens is 3. The fourth-order valence-corrected chi connectivity index (χ4v) is 3.56. The van der Waals surface area contributed by atoms with Crippen LogP contribution >= 0.6 is 0 Å². The van der Waals surface area contributed by atoms with Gasteiger partial charge < -0.3 is 10.0 Å². The van der Waals surface area contributed by atoms with Gasteiger partial charge in [-0.1, -0.05) is 30.3 Å². The summed E-state index contributed by atoms with van der Waals surface area (Å²) in [6, 6.07) is 11.5. The summed E-state index contributed by atoms with van der Waals surface area (Å²) >= 11 is 0. The number of hydrogen-bond donors (Lipinski definition) is 1. The molecule has 0 bridgehead atoms. The van der Waals surface area contributed by atoms with Gasteiger partial charge in [0, 0.05) is 19.2 Å². The number of carboxylic acid groups (broad SMARTS) is 1. The number of fused-ring (bicyclic) bond motifs is 2. The van der Waals surface area contributed by atoms with Gasteiger partial charge in [0.25, 0.3) is 0 Å². The maximum absolute atomic E-state index is 12.7. The van der Waals surface area contributed by atoms with Gasteiger partial charge in [0.2, 0.25) is 5.91 Å². The second kappa shape index (κ2) is 6.71. The van der Waals surface area contributed by atoms with Gasteiger partial charge >= 0.3 is 11.7 Å². The van der Waals surface area contributed by atoms with Crippen molar-refractivity contribution in [2.45, 2.75) is 25.4 Å². The molecule has 0 spiro atoms. The Morgan fingerprint density at radius 2 is 1.93 bits per heavy atom. The van der Waals surface area contributed by atoms with Crippen LogP contribution in [0, 0.1) is 0 Å². The Morgan fingerprint density at radius 3 is 2.70 bits per heavy atom. The number of carbonyl (C=O) groups excluding carboxylic acids is 1. The van der Waals surface area contributed by atoms with E-state index in [4.69, 9.17) is 0 Å². The zero-order chi connectivity index (χ0) is 19.0. The number of rotatable bonds is 4. The Bertz CT molecular complexity index is 1080. The first-order chi connectivity index (χ1) is 13.1. The van der Waals surface area contributed by atoms with E-state index in [0.717, 1.165) is 5.56 Å². The van der Waals surface area contributed by atoms with E-state index in [-0.39, 0.29) is 24.6 Å². The largest absolute Gasteiger partial charge is 0.479 e. The van der Waals surface area contributed by atoms with Crippen LogP contribution < -0.4 is 5.69 Å². The van der Waals surface area contributed by atoms with E-state index >= 15 is 0 Å². The van der Waals surface area contributed by atoms with Crippen LogP contribution in [0.5, 0.6) is 0 Å². The molecule has 138 valence electrons. The maximum atomic E-state index is 12.7. The predicted molar refractivity (Wildman–Crippen MR) is 96.3 cm³/mol. The van der Waals surface area contributed by atoms with Crippen LogP contribution in [0.1, 0.15) is 23.6 Å². The minimum absolute atomic E-state index is 0.00966. The molecule has 1 aromatic carbocycles. The van der Waals surface area contributed by atoms with Gasteiger partial charge in [0.15, 0.2) is 11.7 Å². The van der Waals surface area contributed by atoms with Crippen molar-refractivity contribution < 1.29 is 14.7 Å². The van der Waals surface area contributed by atoms with Crippen LogP contribution in [-0.2, 0) is 22.6 Å². The van der Waals surface area contributed by atoms with Crippen LogP contribution in [0.2, 0.25) is 0 Å². The molecule has 27 heavy (non-hydrogen) atoms. The second-order valence-corrected chi connectivity index (χ2v) is 6.46. The molecular formula is C19H18N4O4. The number of aliphatic carboxylic acids is 1. The van der Waals surface area contributed by atoms with Crippen molar-refractivity contribution in [3.05, 3.63) is 70.3 Å². The van der Waals surface area contributed by atoms with E-state index in [1.165, 1.54) is 14.0 Å². The molecule has 8 nitrogen and oxygen atoms in total. The standard InChI is InChI=1S/C19H18N4O4/c24-16(9-12-23-19(27)21-10-4-3-7-15(21)20-23)22-11-8-13-5-1-2-6-14(13)17(22)18(25)26/h1-7,10,17H,8-9,11-12H2,(H,25,26). The minimum Gasteiger partial charge on any atom is -0.479 e. The SMILES string of the molecule is O=C(O)C1c2ccccc2CCN1C(=O)CCn1nc2ccccn2c1=O. The van der Waals surface area contributed by atoms with Crippen molar-refractivity contribution in [2.24, 2.45) is 0 Å². The molecule has 1 N–H and O–H groups in total. The number of pyridine rings is 1. The third-order valence-electron chi connectivity index (χ3n) is 4.86. The van der Waals surface area contributed by atoms with Gasteiger partial charge in [-0.3, -0.25) is 9.20 Å². The number of benzene rings is 1. The minimum atomic E-state index is -1.06. The van der Waals surface area contributed by atoms with Gasteiger partial charge in [-0.25, -0.2) is 14.3 Å². The van der Waals surface area contributed by atoms with Crippen molar-refractivity contribution in [1.29, 1.82) is 0 Å². The monoisotopic (exact) mass is 366 g/mol. The van der Waals surface area contributed by atoms with E-state index in [2.05, 4.69) is 5.10 Å². The van der Waals surface area contributed by atoms with Crippen LogP contribution in [0.15, 0.2) is 53.5 Å². The maximum Gasteiger partial charge on any atom is 0.350 e. The molecule has 0 fully saturated rings. The lowest BCUT2D eigenvalue weighted by Gasteiger charge is -2.34. The highest BCUT2D eigenvalue weighted by molar-refractivity contribution is 5.85. The number of hydrogen-bond acceptors (Lipinski definition) is 4. The number of nitrogens with zero attached hydrogens (tertiary/aromatic N) is 4. The summed E-state index contributed by atoms with van der Waals surface area (Å²) in [6.07, 6.45) is 2.24. The molecule has 8 heteroatoms. The molecule has 1 aliphatic heterocycles. The Balaban J connectivity index is 1.55. The highest BCUT2D eigenvalue weighted by Crippen LogP contribution is 2.30. The fraction of sp³-hybridized carbons (Fsp3) is 0.263. The third kappa shape index (κ3) is 2.99. The molecule has 0 aliphatic carbocycles. The lowest BCUT2D eigenvalue weighted by atomic mass is 9.92. The number of amides is 1. The molecule has 1 aliphatic rings. The summed E-state index contributed by atoms with van der Waals surface area (Å²) in [7, 11) is 0. The van der Waals surface area contributed by atoms with Gasteiger partial charge in [0.05, 0.1) is 6.54 Å². The quantitative estimate of drug-likeness (QED) is 0.746. The average Bonchev–Trinajstić information content (AvgIpc) is 3.01. The highest BCUT2D eigenvalue weighted by Gasteiger charge is 2.35. The second-order valence-electron chi connectivity index (χ2n) is 6.46. The lowest BCUT2D eigenvalue weighted by Crippen LogP contribution is -2.44. The molecule has 3 heterocycles. The Morgan fingerprint density at radius 1 is 1.15 bits per heavy atom. The van der Waals surface area contributed by atoms with Crippen molar-refractivity contribution >= 4 is 17.5 Å². The molecule has 2 aromatic heterocycles. The van der Waals surface area contributed by atoms with Crippen molar-refractivity contribution in [2.75, 3.05) is 6.54 Å². The van der Waals surface area contributed by atoms with Gasteiger partial charge in [-0.05, 0) is 29.7 Å². The first kappa shape index (κ1) is 17.0. The van der Waals surface area contributed by atoms with Gasteiger partial charge in [-0.15, -0.1) is 5.10 Å². The van der Waals surface area contributed by atoms with Gasteiger partial charge in [0.1, 0.15) is 0 Å². The average molecular weight is 366 g/mol. The lowest BCUT2D eigenvalue weighted by molar-refractivity contribution is -0.151. The molecule has 0 saturated heterocycles. The summed E-state index contributed by atoms with van der Waals surface area (Å²) < 4.78 is 2.64. The van der Waals surface area contributed by atoms with Crippen molar-refractivity contribution in [3.8, 4) is 0 Å². The Labute approximate surface area is 154 Å². The normalized spacial score (nSPS) is 16.3. The predicted octanol–water partition coefficient (Wildman–Crippen LogP) is 1.10. The highest BCUT2D eigenvalue weighted by atomic mass is 16.4. The summed E-state index contributed by atoms with van der Waals surface area (Å²) in [4.78, 5) is 38.2. The molecule has 0 radical (unpaired) electrons. The molecule has 1 unspecified atom stereocenters. The molecule has 1 atom stereocenters. The molecule has 0 saturated carbocycles. The summed E-state index contributed by atoms with van der Waals surface area (Å²) in [5.74, 6) is -1.36. The number of aryl methyl sites for hydroxylation is 1. The molecule has 3 aromatic rings. The van der Waals surface area contributed by atoms with Gasteiger partial charge in [-0.2, -0.15) is 0 Å². The summed E-state index contributed by atoms with van der Waals surface area (Å²) in [6.45, 7) is 0.441. The molecule has 1 amide bonds. The molecule has 4 rings (SSSR count). The van der Waals surface area contributed by atoms with E-state index in [9.17, 15) is 19.5 Å². The fourth-order valence-electron chi connectivity index (χ4n) is 3.56. The van der Waals surface area contributed by atoms with E-state index < -0.39 is 12.0 Å². The van der Waals surface area contributed by atoms with E-state index in [0.29, 0.717) is 24.2 Å². The smallest absolute Gasteiger partial charge is 0.350 e. The van der Waals surface area contributed by atoms with E-state index in [1.807, 2.05) is 12.1 Å². The van der Waals surface area contributed by atoms with Crippen LogP contribution in [0.25, 0.3) is 5.65 Å². The zero-order valence-corrected chi connectivity index (χ0v) is 14.5. The van der Waals surface area contributed by atoms with Crippen LogP contribution in [0.3, 0.4) is 0 Å².